The molecule has 0 aromatic heterocycles. The molecule has 0 unspecified atom stereocenters. The van der Waals surface area contributed by atoms with Crippen LogP contribution in [0.5, 0.6) is 0 Å². The van der Waals surface area contributed by atoms with Gasteiger partial charge in [0.1, 0.15) is 0 Å². The van der Waals surface area contributed by atoms with Crippen LogP contribution in [-0.2, 0) is 9.47 Å². The number of methoxy groups -OCH3 is 2. The van der Waals surface area contributed by atoms with E-state index < -0.39 is 0 Å². The minimum Gasteiger partial charge on any atom is -0.383 e. The van der Waals surface area contributed by atoms with Crippen LogP contribution in [0.25, 0.3) is 0 Å². The minimum atomic E-state index is 0.578. The smallest absolute Gasteiger partial charge is 0.152 e. The molecule has 0 spiro atoms. The molecule has 0 aliphatic rings. The molecule has 0 saturated heterocycles. The molecule has 5 heteroatoms. The Morgan fingerprint density at radius 3 is 2.33 bits per heavy atom. The fraction of sp³-hybridized carbons (Fsp3) is 0.462. The Bertz CT molecular complexity index is 376. The van der Waals surface area contributed by atoms with Gasteiger partial charge in [-0.3, -0.25) is 4.79 Å². The topological polar surface area (TPSA) is 38.8 Å². The van der Waals surface area contributed by atoms with Gasteiger partial charge in [-0.05, 0) is 18.2 Å². The number of carbonyl (C=O) groups is 1. The molecule has 0 N–H and O–H groups in total. The van der Waals surface area contributed by atoms with Crippen molar-refractivity contribution >= 4 is 23.6 Å². The van der Waals surface area contributed by atoms with E-state index >= 15 is 0 Å². The van der Waals surface area contributed by atoms with Crippen LogP contribution in [0.1, 0.15) is 10.4 Å². The standard InChI is InChI=1S/C13H18ClNO3/c1-17-7-5-15(6-8-18-2)13-9-12(14)4-3-11(13)10-16/h3-4,9-10H,5-8H2,1-2H3. The Labute approximate surface area is 112 Å². The van der Waals surface area contributed by atoms with E-state index in [1.165, 1.54) is 0 Å². The lowest BCUT2D eigenvalue weighted by Crippen LogP contribution is -2.31. The Hall–Kier alpha value is -1.10. The highest BCUT2D eigenvalue weighted by Crippen LogP contribution is 2.23. The first-order chi connectivity index (χ1) is 8.72. The summed E-state index contributed by atoms with van der Waals surface area (Å²) < 4.78 is 10.1. The van der Waals surface area contributed by atoms with Gasteiger partial charge < -0.3 is 14.4 Å². The van der Waals surface area contributed by atoms with Crippen LogP contribution in [0.4, 0.5) is 5.69 Å². The molecule has 0 aliphatic carbocycles. The molecule has 0 atom stereocenters. The van der Waals surface area contributed by atoms with Crippen LogP contribution in [-0.4, -0.2) is 46.8 Å². The van der Waals surface area contributed by atoms with Gasteiger partial charge in [-0.2, -0.15) is 0 Å². The van der Waals surface area contributed by atoms with Crippen LogP contribution < -0.4 is 4.90 Å². The molecule has 18 heavy (non-hydrogen) atoms. The lowest BCUT2D eigenvalue weighted by molar-refractivity contribution is 0.112. The highest BCUT2D eigenvalue weighted by Gasteiger charge is 2.11. The zero-order valence-electron chi connectivity index (χ0n) is 10.7. The van der Waals surface area contributed by atoms with E-state index in [1.54, 1.807) is 32.4 Å². The number of halogens is 1. The maximum absolute atomic E-state index is 11.1. The van der Waals surface area contributed by atoms with Gasteiger partial charge in [0.25, 0.3) is 0 Å². The van der Waals surface area contributed by atoms with Gasteiger partial charge in [0.15, 0.2) is 6.29 Å². The first-order valence-corrected chi connectivity index (χ1v) is 6.08. The number of hydrogen-bond donors (Lipinski definition) is 0. The van der Waals surface area contributed by atoms with Crippen LogP contribution in [0.2, 0.25) is 5.02 Å². The predicted molar refractivity (Wildman–Crippen MR) is 72.8 cm³/mol. The largest absolute Gasteiger partial charge is 0.383 e. The molecule has 0 heterocycles. The number of aldehydes is 1. The molecule has 100 valence electrons. The third-order valence-corrected chi connectivity index (χ3v) is 2.83. The zero-order valence-corrected chi connectivity index (χ0v) is 11.4. The van der Waals surface area contributed by atoms with Crippen molar-refractivity contribution < 1.29 is 14.3 Å². The molecule has 0 amide bonds. The molecular weight excluding hydrogens is 254 g/mol. The highest BCUT2D eigenvalue weighted by molar-refractivity contribution is 6.31. The molecule has 0 bridgehead atoms. The summed E-state index contributed by atoms with van der Waals surface area (Å²) in [5.74, 6) is 0. The maximum atomic E-state index is 11.1. The third-order valence-electron chi connectivity index (χ3n) is 2.59. The number of benzene rings is 1. The molecule has 0 aliphatic heterocycles. The van der Waals surface area contributed by atoms with Gasteiger partial charge in [-0.25, -0.2) is 0 Å². The summed E-state index contributed by atoms with van der Waals surface area (Å²) in [4.78, 5) is 13.1. The predicted octanol–water partition coefficient (Wildman–Crippen LogP) is 2.25. The third kappa shape index (κ3) is 4.29. The summed E-state index contributed by atoms with van der Waals surface area (Å²) >= 11 is 5.98. The van der Waals surface area contributed by atoms with Crippen molar-refractivity contribution in [3.05, 3.63) is 28.8 Å². The SMILES string of the molecule is COCCN(CCOC)c1cc(Cl)ccc1C=O. The Morgan fingerprint density at radius 2 is 1.83 bits per heavy atom. The number of nitrogens with zero attached hydrogens (tertiary/aromatic N) is 1. The summed E-state index contributed by atoms with van der Waals surface area (Å²) in [5, 5.41) is 0.607. The van der Waals surface area contributed by atoms with E-state index in [0.29, 0.717) is 36.9 Å². The van der Waals surface area contributed by atoms with Gasteiger partial charge >= 0.3 is 0 Å². The second-order valence-corrected chi connectivity index (χ2v) is 4.23. The van der Waals surface area contributed by atoms with Crippen molar-refractivity contribution in [1.82, 2.24) is 0 Å². The van der Waals surface area contributed by atoms with E-state index in [0.717, 1.165) is 12.0 Å². The fourth-order valence-corrected chi connectivity index (χ4v) is 1.81. The van der Waals surface area contributed by atoms with Crippen LogP contribution in [0, 0.1) is 0 Å². The van der Waals surface area contributed by atoms with Gasteiger partial charge in [0, 0.05) is 43.6 Å². The Kier molecular flexibility index (Phi) is 6.72. The van der Waals surface area contributed by atoms with Crippen molar-refractivity contribution in [1.29, 1.82) is 0 Å². The van der Waals surface area contributed by atoms with Crippen LogP contribution in [0.15, 0.2) is 18.2 Å². The second-order valence-electron chi connectivity index (χ2n) is 3.79. The molecular formula is C13H18ClNO3. The number of rotatable bonds is 8. The Balaban J connectivity index is 2.94. The van der Waals surface area contributed by atoms with E-state index in [9.17, 15) is 4.79 Å². The molecule has 0 fully saturated rings. The van der Waals surface area contributed by atoms with Crippen LogP contribution >= 0.6 is 11.6 Å². The first kappa shape index (κ1) is 15.0. The lowest BCUT2D eigenvalue weighted by Gasteiger charge is -2.25. The first-order valence-electron chi connectivity index (χ1n) is 5.70. The molecule has 1 aromatic carbocycles. The fourth-order valence-electron chi connectivity index (χ4n) is 1.65. The van der Waals surface area contributed by atoms with Crippen molar-refractivity contribution in [3.63, 3.8) is 0 Å². The summed E-state index contributed by atoms with van der Waals surface area (Å²) in [6.07, 6.45) is 0.832. The van der Waals surface area contributed by atoms with E-state index in [4.69, 9.17) is 21.1 Å². The number of carbonyl (C=O) groups excluding carboxylic acids is 1. The van der Waals surface area contributed by atoms with E-state index in [-0.39, 0.29) is 0 Å². The number of ether oxygens (including phenoxy) is 2. The zero-order chi connectivity index (χ0) is 13.4. The number of anilines is 1. The molecule has 4 nitrogen and oxygen atoms in total. The van der Waals surface area contributed by atoms with E-state index in [2.05, 4.69) is 0 Å². The van der Waals surface area contributed by atoms with Crippen molar-refractivity contribution in [3.8, 4) is 0 Å². The lowest BCUT2D eigenvalue weighted by atomic mass is 10.1. The van der Waals surface area contributed by atoms with E-state index in [1.807, 2.05) is 4.90 Å². The van der Waals surface area contributed by atoms with Crippen molar-refractivity contribution in [2.45, 2.75) is 0 Å². The van der Waals surface area contributed by atoms with Crippen LogP contribution in [0.3, 0.4) is 0 Å². The number of hydrogen-bond acceptors (Lipinski definition) is 4. The van der Waals surface area contributed by atoms with Gasteiger partial charge in [0.05, 0.1) is 13.2 Å². The normalized spacial score (nSPS) is 10.4. The molecule has 0 radical (unpaired) electrons. The van der Waals surface area contributed by atoms with Gasteiger partial charge in [0.2, 0.25) is 0 Å². The molecule has 0 saturated carbocycles. The molecule has 1 rings (SSSR count). The average molecular weight is 272 g/mol. The Morgan fingerprint density at radius 1 is 1.22 bits per heavy atom. The highest BCUT2D eigenvalue weighted by atomic mass is 35.5. The average Bonchev–Trinajstić information content (AvgIpc) is 2.39. The summed E-state index contributed by atoms with van der Waals surface area (Å²) in [6, 6.07) is 5.22. The van der Waals surface area contributed by atoms with Crippen molar-refractivity contribution in [2.75, 3.05) is 45.4 Å². The summed E-state index contributed by atoms with van der Waals surface area (Å²) in [7, 11) is 3.29. The van der Waals surface area contributed by atoms with Gasteiger partial charge in [-0.15, -0.1) is 0 Å². The second kappa shape index (κ2) is 8.08. The minimum absolute atomic E-state index is 0.578. The molecule has 1 aromatic rings. The van der Waals surface area contributed by atoms with Crippen molar-refractivity contribution in [2.24, 2.45) is 0 Å². The summed E-state index contributed by atoms with van der Waals surface area (Å²) in [5.41, 5.74) is 1.43. The van der Waals surface area contributed by atoms with Gasteiger partial charge in [-0.1, -0.05) is 11.6 Å². The monoisotopic (exact) mass is 271 g/mol. The maximum Gasteiger partial charge on any atom is 0.152 e. The summed E-state index contributed by atoms with van der Waals surface area (Å²) in [6.45, 7) is 2.52. The quantitative estimate of drug-likeness (QED) is 0.680.